The standard InChI is InChI=1S/C9H18BO3/c1-3-4-5-10-11-6-9(2,7-12-10)8-13-10/h3-8H2,1-2H3/q-1. The second kappa shape index (κ2) is 3.26. The largest absolute Gasteiger partial charge is 0.544 e. The van der Waals surface area contributed by atoms with Gasteiger partial charge in [0.1, 0.15) is 0 Å². The number of rotatable bonds is 3. The molecule has 0 aliphatic carbocycles. The van der Waals surface area contributed by atoms with E-state index in [4.69, 9.17) is 14.0 Å². The van der Waals surface area contributed by atoms with E-state index in [0.717, 1.165) is 39.0 Å². The Hall–Kier alpha value is -0.0551. The van der Waals surface area contributed by atoms with E-state index in [0.29, 0.717) is 0 Å². The van der Waals surface area contributed by atoms with Gasteiger partial charge in [-0.1, -0.05) is 33.0 Å². The van der Waals surface area contributed by atoms with Crippen molar-refractivity contribution in [3.63, 3.8) is 0 Å². The molecule has 3 aliphatic heterocycles. The molecule has 3 heterocycles. The van der Waals surface area contributed by atoms with Crippen molar-refractivity contribution in [3.8, 4) is 0 Å². The Bertz CT molecular complexity index is 165. The molecule has 0 aromatic carbocycles. The van der Waals surface area contributed by atoms with E-state index in [-0.39, 0.29) is 5.41 Å². The minimum Gasteiger partial charge on any atom is -0.544 e. The first kappa shape index (κ1) is 9.50. The van der Waals surface area contributed by atoms with Gasteiger partial charge in [-0.2, -0.15) is 0 Å². The van der Waals surface area contributed by atoms with Crippen LogP contribution in [0, 0.1) is 5.41 Å². The van der Waals surface area contributed by atoms with Gasteiger partial charge < -0.3 is 14.0 Å². The summed E-state index contributed by atoms with van der Waals surface area (Å²) in [5.41, 5.74) is 0.107. The zero-order valence-electron chi connectivity index (χ0n) is 8.54. The first-order valence-corrected chi connectivity index (χ1v) is 5.25. The predicted molar refractivity (Wildman–Crippen MR) is 51.4 cm³/mol. The van der Waals surface area contributed by atoms with E-state index in [9.17, 15) is 0 Å². The zero-order chi connectivity index (χ0) is 9.36. The Morgan fingerprint density at radius 2 is 1.69 bits per heavy atom. The summed E-state index contributed by atoms with van der Waals surface area (Å²) in [5, 5.41) is 0. The lowest BCUT2D eigenvalue weighted by molar-refractivity contribution is -0.127. The maximum absolute atomic E-state index is 5.69. The summed E-state index contributed by atoms with van der Waals surface area (Å²) in [4.78, 5) is 0. The van der Waals surface area contributed by atoms with Gasteiger partial charge >= 0.3 is 6.75 Å². The SMILES string of the molecule is CCCC[B-]12OCC(C)(CO1)CO2. The average molecular weight is 185 g/mol. The van der Waals surface area contributed by atoms with Crippen LogP contribution in [-0.2, 0) is 14.0 Å². The van der Waals surface area contributed by atoms with Gasteiger partial charge in [0.05, 0.1) is 0 Å². The lowest BCUT2D eigenvalue weighted by Crippen LogP contribution is -2.62. The summed E-state index contributed by atoms with van der Waals surface area (Å²) in [6.07, 6.45) is 3.21. The van der Waals surface area contributed by atoms with E-state index in [2.05, 4.69) is 13.8 Å². The molecule has 0 aromatic rings. The maximum atomic E-state index is 5.69. The highest BCUT2D eigenvalue weighted by Crippen LogP contribution is 2.37. The Balaban J connectivity index is 1.95. The van der Waals surface area contributed by atoms with E-state index < -0.39 is 6.75 Å². The van der Waals surface area contributed by atoms with Crippen molar-refractivity contribution in [2.45, 2.75) is 33.0 Å². The van der Waals surface area contributed by atoms with Crippen molar-refractivity contribution in [2.24, 2.45) is 5.41 Å². The van der Waals surface area contributed by atoms with Gasteiger partial charge in [0.15, 0.2) is 0 Å². The number of hydrogen-bond acceptors (Lipinski definition) is 3. The summed E-state index contributed by atoms with van der Waals surface area (Å²) in [6, 6.07) is 0. The van der Waals surface area contributed by atoms with Crippen LogP contribution >= 0.6 is 0 Å². The zero-order valence-corrected chi connectivity index (χ0v) is 8.54. The fourth-order valence-corrected chi connectivity index (χ4v) is 1.96. The quantitative estimate of drug-likeness (QED) is 0.627. The van der Waals surface area contributed by atoms with Crippen LogP contribution in [0.15, 0.2) is 0 Å². The van der Waals surface area contributed by atoms with Crippen LogP contribution in [0.4, 0.5) is 0 Å². The van der Waals surface area contributed by atoms with Crippen molar-refractivity contribution >= 4 is 6.75 Å². The van der Waals surface area contributed by atoms with Crippen molar-refractivity contribution in [1.29, 1.82) is 0 Å². The highest BCUT2D eigenvalue weighted by atomic mass is 16.8. The summed E-state index contributed by atoms with van der Waals surface area (Å²) in [5.74, 6) is 0. The molecule has 13 heavy (non-hydrogen) atoms. The van der Waals surface area contributed by atoms with E-state index in [1.165, 1.54) is 0 Å². The fourth-order valence-electron chi connectivity index (χ4n) is 1.96. The Labute approximate surface area is 79.8 Å². The Morgan fingerprint density at radius 3 is 2.15 bits per heavy atom. The highest BCUT2D eigenvalue weighted by molar-refractivity contribution is 6.61. The monoisotopic (exact) mass is 185 g/mol. The summed E-state index contributed by atoms with van der Waals surface area (Å²) >= 11 is 0. The molecule has 3 rings (SSSR count). The molecule has 0 unspecified atom stereocenters. The van der Waals surface area contributed by atoms with E-state index in [1.54, 1.807) is 0 Å². The van der Waals surface area contributed by atoms with E-state index >= 15 is 0 Å². The van der Waals surface area contributed by atoms with Gasteiger partial charge in [0, 0.05) is 25.2 Å². The second-order valence-electron chi connectivity index (χ2n) is 4.67. The molecule has 0 N–H and O–H groups in total. The molecule has 3 fully saturated rings. The lowest BCUT2D eigenvalue weighted by atomic mass is 9.66. The predicted octanol–water partition coefficient (Wildman–Crippen LogP) is 1.81. The molecule has 2 bridgehead atoms. The van der Waals surface area contributed by atoms with Gasteiger partial charge in [-0.15, -0.1) is 0 Å². The molecule has 3 aliphatic rings. The molecule has 0 amide bonds. The van der Waals surface area contributed by atoms with Crippen molar-refractivity contribution in [1.82, 2.24) is 0 Å². The van der Waals surface area contributed by atoms with Crippen molar-refractivity contribution in [3.05, 3.63) is 0 Å². The van der Waals surface area contributed by atoms with Crippen LogP contribution in [0.2, 0.25) is 6.32 Å². The normalized spacial score (nSPS) is 43.8. The summed E-state index contributed by atoms with van der Waals surface area (Å²) in [7, 11) is 0. The molecule has 4 heteroatoms. The maximum Gasteiger partial charge on any atom is 0.379 e. The third-order valence-electron chi connectivity index (χ3n) is 2.97. The molecule has 0 radical (unpaired) electrons. The van der Waals surface area contributed by atoms with Crippen LogP contribution in [-0.4, -0.2) is 26.6 Å². The third kappa shape index (κ3) is 1.76. The fraction of sp³-hybridized carbons (Fsp3) is 1.00. The molecule has 0 spiro atoms. The van der Waals surface area contributed by atoms with Crippen LogP contribution in [0.1, 0.15) is 26.7 Å². The van der Waals surface area contributed by atoms with Gasteiger partial charge in [-0.05, 0) is 0 Å². The smallest absolute Gasteiger partial charge is 0.379 e. The molecular formula is C9H18BO3-. The van der Waals surface area contributed by atoms with Crippen LogP contribution in [0.25, 0.3) is 0 Å². The Kier molecular flexibility index (Phi) is 2.38. The first-order chi connectivity index (χ1) is 6.18. The van der Waals surface area contributed by atoms with Crippen molar-refractivity contribution < 1.29 is 14.0 Å². The highest BCUT2D eigenvalue weighted by Gasteiger charge is 2.44. The molecule has 0 aromatic heterocycles. The summed E-state index contributed by atoms with van der Waals surface area (Å²) < 4.78 is 17.1. The number of fused-ring (bicyclic) bond motifs is 3. The minimum absolute atomic E-state index is 0.107. The van der Waals surface area contributed by atoms with Crippen LogP contribution in [0.3, 0.4) is 0 Å². The second-order valence-corrected chi connectivity index (χ2v) is 4.67. The van der Waals surface area contributed by atoms with E-state index in [1.807, 2.05) is 0 Å². The van der Waals surface area contributed by atoms with Crippen molar-refractivity contribution in [2.75, 3.05) is 19.8 Å². The Morgan fingerprint density at radius 1 is 1.15 bits per heavy atom. The molecule has 3 saturated heterocycles. The minimum atomic E-state index is -1.35. The first-order valence-electron chi connectivity index (χ1n) is 5.25. The van der Waals surface area contributed by atoms with Gasteiger partial charge in [-0.25, -0.2) is 0 Å². The number of hydrogen-bond donors (Lipinski definition) is 0. The number of unbranched alkanes of at least 4 members (excludes halogenated alkanes) is 1. The molecule has 0 saturated carbocycles. The molecule has 3 nitrogen and oxygen atoms in total. The molecule has 0 atom stereocenters. The van der Waals surface area contributed by atoms with Crippen LogP contribution < -0.4 is 0 Å². The molecule has 76 valence electrons. The summed E-state index contributed by atoms with van der Waals surface area (Å²) in [6.45, 7) is 5.37. The lowest BCUT2D eigenvalue weighted by Gasteiger charge is -2.58. The topological polar surface area (TPSA) is 27.7 Å². The van der Waals surface area contributed by atoms with Gasteiger partial charge in [0.2, 0.25) is 0 Å². The van der Waals surface area contributed by atoms with Gasteiger partial charge in [0.25, 0.3) is 0 Å². The van der Waals surface area contributed by atoms with Crippen LogP contribution in [0.5, 0.6) is 0 Å². The third-order valence-corrected chi connectivity index (χ3v) is 2.97. The van der Waals surface area contributed by atoms with Gasteiger partial charge in [-0.3, -0.25) is 0 Å². The average Bonchev–Trinajstić information content (AvgIpc) is 2.18. The molecular weight excluding hydrogens is 167 g/mol.